The van der Waals surface area contributed by atoms with Crippen LogP contribution in [-0.4, -0.2) is 21.1 Å². The molecule has 10 heteroatoms. The molecule has 0 saturated carbocycles. The molecular formula is C17H11ClFN3O5. The first kappa shape index (κ1) is 18.5. The average molecular weight is 392 g/mol. The molecule has 0 bridgehead atoms. The van der Waals surface area contributed by atoms with E-state index in [2.05, 4.69) is 10.2 Å². The number of nitro benzene ring substituents is 1. The molecule has 0 aliphatic carbocycles. The van der Waals surface area contributed by atoms with Gasteiger partial charge in [-0.2, -0.15) is 0 Å². The Morgan fingerprint density at radius 3 is 2.59 bits per heavy atom. The van der Waals surface area contributed by atoms with Gasteiger partial charge in [0.2, 0.25) is 5.89 Å². The van der Waals surface area contributed by atoms with Gasteiger partial charge in [0.1, 0.15) is 5.82 Å². The van der Waals surface area contributed by atoms with Gasteiger partial charge in [-0.15, -0.1) is 10.2 Å². The van der Waals surface area contributed by atoms with Crippen molar-refractivity contribution in [2.45, 2.75) is 13.0 Å². The molecule has 0 fully saturated rings. The van der Waals surface area contributed by atoms with E-state index in [0.29, 0.717) is 5.56 Å². The van der Waals surface area contributed by atoms with Gasteiger partial charge in [-0.05, 0) is 37.3 Å². The van der Waals surface area contributed by atoms with Crippen LogP contribution >= 0.6 is 11.6 Å². The summed E-state index contributed by atoms with van der Waals surface area (Å²) in [6.45, 7) is 1.48. The molecule has 8 nitrogen and oxygen atoms in total. The molecule has 3 aromatic rings. The number of esters is 1. The third kappa shape index (κ3) is 4.09. The highest BCUT2D eigenvalue weighted by molar-refractivity contribution is 6.30. The van der Waals surface area contributed by atoms with E-state index in [1.165, 1.54) is 43.3 Å². The van der Waals surface area contributed by atoms with E-state index < -0.39 is 22.8 Å². The highest BCUT2D eigenvalue weighted by Crippen LogP contribution is 2.25. The SMILES string of the molecule is C[C@H](OC(=O)c1ccc(Cl)cc1F)c1nnc(-c2ccc([N+](=O)[O-])cc2)o1. The second kappa shape index (κ2) is 7.50. The van der Waals surface area contributed by atoms with E-state index in [1.54, 1.807) is 0 Å². The highest BCUT2D eigenvalue weighted by atomic mass is 35.5. The molecular weight excluding hydrogens is 381 g/mol. The van der Waals surface area contributed by atoms with Crippen molar-refractivity contribution in [3.63, 3.8) is 0 Å². The first-order chi connectivity index (χ1) is 12.8. The van der Waals surface area contributed by atoms with Crippen molar-refractivity contribution in [2.24, 2.45) is 0 Å². The number of rotatable bonds is 5. The first-order valence-corrected chi connectivity index (χ1v) is 7.97. The van der Waals surface area contributed by atoms with Crippen molar-refractivity contribution in [1.82, 2.24) is 10.2 Å². The smallest absolute Gasteiger partial charge is 0.341 e. The van der Waals surface area contributed by atoms with Crippen molar-refractivity contribution in [2.75, 3.05) is 0 Å². The molecule has 3 rings (SSSR count). The number of hydrogen-bond donors (Lipinski definition) is 0. The maximum Gasteiger partial charge on any atom is 0.341 e. The molecule has 0 aliphatic heterocycles. The molecule has 2 aromatic carbocycles. The predicted octanol–water partition coefficient (Wildman–Crippen LogP) is 4.36. The zero-order valence-electron chi connectivity index (χ0n) is 13.8. The summed E-state index contributed by atoms with van der Waals surface area (Å²) in [5, 5.41) is 18.4. The van der Waals surface area contributed by atoms with Gasteiger partial charge in [-0.3, -0.25) is 10.1 Å². The van der Waals surface area contributed by atoms with Crippen molar-refractivity contribution in [3.8, 4) is 11.5 Å². The van der Waals surface area contributed by atoms with Crippen LogP contribution in [0.3, 0.4) is 0 Å². The predicted molar refractivity (Wildman–Crippen MR) is 91.6 cm³/mol. The fraction of sp³-hybridized carbons (Fsp3) is 0.118. The Balaban J connectivity index is 1.73. The Labute approximate surface area is 156 Å². The van der Waals surface area contributed by atoms with Gasteiger partial charge < -0.3 is 9.15 Å². The number of hydrogen-bond acceptors (Lipinski definition) is 7. The van der Waals surface area contributed by atoms with Crippen LogP contribution in [-0.2, 0) is 4.74 Å². The van der Waals surface area contributed by atoms with E-state index >= 15 is 0 Å². The van der Waals surface area contributed by atoms with Crippen LogP contribution in [0, 0.1) is 15.9 Å². The minimum Gasteiger partial charge on any atom is -0.449 e. The molecule has 0 saturated heterocycles. The number of carbonyl (C=O) groups is 1. The number of nitro groups is 1. The molecule has 138 valence electrons. The number of non-ortho nitro benzene ring substituents is 1. The number of nitrogens with zero attached hydrogens (tertiary/aromatic N) is 3. The monoisotopic (exact) mass is 391 g/mol. The topological polar surface area (TPSA) is 108 Å². The Morgan fingerprint density at radius 1 is 1.26 bits per heavy atom. The van der Waals surface area contributed by atoms with Crippen LogP contribution in [0.5, 0.6) is 0 Å². The van der Waals surface area contributed by atoms with Crippen molar-refractivity contribution >= 4 is 23.3 Å². The largest absolute Gasteiger partial charge is 0.449 e. The van der Waals surface area contributed by atoms with Crippen LogP contribution in [0.1, 0.15) is 29.3 Å². The third-order valence-electron chi connectivity index (χ3n) is 3.55. The lowest BCUT2D eigenvalue weighted by atomic mass is 10.2. The van der Waals surface area contributed by atoms with Gasteiger partial charge in [0, 0.05) is 22.7 Å². The Hall–Kier alpha value is -3.33. The number of benzene rings is 2. The van der Waals surface area contributed by atoms with E-state index in [9.17, 15) is 19.3 Å². The van der Waals surface area contributed by atoms with Gasteiger partial charge in [-0.25, -0.2) is 9.18 Å². The molecule has 0 radical (unpaired) electrons. The van der Waals surface area contributed by atoms with Crippen LogP contribution in [0.25, 0.3) is 11.5 Å². The lowest BCUT2D eigenvalue weighted by molar-refractivity contribution is -0.384. The zero-order valence-corrected chi connectivity index (χ0v) is 14.5. The lowest BCUT2D eigenvalue weighted by Gasteiger charge is -2.10. The van der Waals surface area contributed by atoms with E-state index in [0.717, 1.165) is 6.07 Å². The lowest BCUT2D eigenvalue weighted by Crippen LogP contribution is -2.11. The van der Waals surface area contributed by atoms with Crippen molar-refractivity contribution in [1.29, 1.82) is 0 Å². The number of halogens is 2. The molecule has 0 aliphatic rings. The second-order valence-electron chi connectivity index (χ2n) is 5.42. The van der Waals surface area contributed by atoms with Gasteiger partial charge in [-0.1, -0.05) is 11.6 Å². The van der Waals surface area contributed by atoms with Crippen LogP contribution in [0.15, 0.2) is 46.9 Å². The molecule has 1 aromatic heterocycles. The van der Waals surface area contributed by atoms with Gasteiger partial charge in [0.25, 0.3) is 11.6 Å². The maximum absolute atomic E-state index is 13.8. The third-order valence-corrected chi connectivity index (χ3v) is 3.78. The summed E-state index contributed by atoms with van der Waals surface area (Å²) in [5.41, 5.74) is 0.105. The summed E-state index contributed by atoms with van der Waals surface area (Å²) in [6, 6.07) is 9.08. The number of ether oxygens (including phenoxy) is 1. The molecule has 1 atom stereocenters. The molecule has 0 spiro atoms. The summed E-state index contributed by atoms with van der Waals surface area (Å²) >= 11 is 5.65. The summed E-state index contributed by atoms with van der Waals surface area (Å²) in [7, 11) is 0. The van der Waals surface area contributed by atoms with E-state index in [-0.39, 0.29) is 28.1 Å². The Morgan fingerprint density at radius 2 is 1.96 bits per heavy atom. The fourth-order valence-corrected chi connectivity index (χ4v) is 2.33. The van der Waals surface area contributed by atoms with Crippen molar-refractivity contribution < 1.29 is 23.3 Å². The van der Waals surface area contributed by atoms with Gasteiger partial charge in [0.15, 0.2) is 6.10 Å². The van der Waals surface area contributed by atoms with Crippen LogP contribution < -0.4 is 0 Å². The van der Waals surface area contributed by atoms with Gasteiger partial charge >= 0.3 is 5.97 Å². The normalized spacial score (nSPS) is 11.8. The van der Waals surface area contributed by atoms with E-state index in [4.69, 9.17) is 20.8 Å². The zero-order chi connectivity index (χ0) is 19.6. The Kier molecular flexibility index (Phi) is 5.13. The summed E-state index contributed by atoms with van der Waals surface area (Å²) in [5.74, 6) is -1.63. The molecule has 0 amide bonds. The maximum atomic E-state index is 13.8. The fourth-order valence-electron chi connectivity index (χ4n) is 2.17. The summed E-state index contributed by atoms with van der Waals surface area (Å²) in [4.78, 5) is 22.2. The molecule has 1 heterocycles. The van der Waals surface area contributed by atoms with Crippen molar-refractivity contribution in [3.05, 3.63) is 74.9 Å². The summed E-state index contributed by atoms with van der Waals surface area (Å²) < 4.78 is 24.4. The quantitative estimate of drug-likeness (QED) is 0.361. The molecule has 27 heavy (non-hydrogen) atoms. The second-order valence-corrected chi connectivity index (χ2v) is 5.86. The van der Waals surface area contributed by atoms with Crippen LogP contribution in [0.2, 0.25) is 5.02 Å². The van der Waals surface area contributed by atoms with Gasteiger partial charge in [0.05, 0.1) is 10.5 Å². The van der Waals surface area contributed by atoms with E-state index in [1.807, 2.05) is 0 Å². The first-order valence-electron chi connectivity index (χ1n) is 7.59. The summed E-state index contributed by atoms with van der Waals surface area (Å²) in [6.07, 6.45) is -0.938. The standard InChI is InChI=1S/C17H11ClFN3O5/c1-9(26-17(23)13-7-4-11(18)8-14(13)19)15-20-21-16(27-15)10-2-5-12(6-3-10)22(24)25/h2-9H,1H3/t9-/m0/s1. The number of carbonyl (C=O) groups excluding carboxylic acids is 1. The minimum absolute atomic E-state index is 0.00826. The number of aromatic nitrogens is 2. The Bertz CT molecular complexity index is 1010. The molecule has 0 unspecified atom stereocenters. The molecule has 0 N–H and O–H groups in total. The minimum atomic E-state index is -0.938. The average Bonchev–Trinajstić information content (AvgIpc) is 3.12. The highest BCUT2D eigenvalue weighted by Gasteiger charge is 2.22. The van der Waals surface area contributed by atoms with Crippen LogP contribution in [0.4, 0.5) is 10.1 Å².